The van der Waals surface area contributed by atoms with Gasteiger partial charge < -0.3 is 30.7 Å². The van der Waals surface area contributed by atoms with E-state index in [1.807, 2.05) is 41.5 Å². The van der Waals surface area contributed by atoms with Crippen molar-refractivity contribution in [1.82, 2.24) is 21.3 Å². The van der Waals surface area contributed by atoms with Crippen LogP contribution in [0.1, 0.15) is 67.2 Å². The molecule has 2 amide bonds. The summed E-state index contributed by atoms with van der Waals surface area (Å²) in [5.74, 6) is 0. The van der Waals surface area contributed by atoms with Gasteiger partial charge in [0, 0.05) is 38.3 Å². The van der Waals surface area contributed by atoms with Gasteiger partial charge in [-0.3, -0.25) is 0 Å². The van der Waals surface area contributed by atoms with Crippen molar-refractivity contribution in [3.05, 3.63) is 0 Å². The summed E-state index contributed by atoms with van der Waals surface area (Å²) in [5, 5.41) is 12.7. The Bertz CT molecular complexity index is 434. The van der Waals surface area contributed by atoms with Crippen molar-refractivity contribution >= 4 is 12.2 Å². The van der Waals surface area contributed by atoms with Crippen molar-refractivity contribution in [3.8, 4) is 0 Å². The van der Waals surface area contributed by atoms with Crippen molar-refractivity contribution in [3.63, 3.8) is 0 Å². The van der Waals surface area contributed by atoms with E-state index in [1.165, 1.54) is 0 Å². The van der Waals surface area contributed by atoms with Crippen LogP contribution in [0.5, 0.6) is 0 Å². The van der Waals surface area contributed by atoms with Gasteiger partial charge >= 0.3 is 12.2 Å². The SMILES string of the molecule is CC(C)(C)OC(=O)NCCCC1CNC(CCCNC(=O)OC(C)(C)C)CN1. The molecular weight excluding hydrogens is 360 g/mol. The molecule has 0 aromatic carbocycles. The summed E-state index contributed by atoms with van der Waals surface area (Å²) in [5.41, 5.74) is -0.924. The highest BCUT2D eigenvalue weighted by molar-refractivity contribution is 5.67. The number of piperazine rings is 1. The summed E-state index contributed by atoms with van der Waals surface area (Å²) in [4.78, 5) is 23.2. The number of hydrogen-bond acceptors (Lipinski definition) is 6. The minimum Gasteiger partial charge on any atom is -0.444 e. The van der Waals surface area contributed by atoms with Crippen LogP contribution in [-0.2, 0) is 9.47 Å². The lowest BCUT2D eigenvalue weighted by molar-refractivity contribution is 0.0514. The Labute approximate surface area is 169 Å². The van der Waals surface area contributed by atoms with Crippen LogP contribution in [0.25, 0.3) is 0 Å². The van der Waals surface area contributed by atoms with Crippen LogP contribution >= 0.6 is 0 Å². The summed E-state index contributed by atoms with van der Waals surface area (Å²) >= 11 is 0. The summed E-state index contributed by atoms with van der Waals surface area (Å²) < 4.78 is 10.4. The molecule has 0 spiro atoms. The molecule has 1 aliphatic heterocycles. The highest BCUT2D eigenvalue weighted by Gasteiger charge is 2.20. The first-order chi connectivity index (χ1) is 12.9. The third kappa shape index (κ3) is 12.8. The minimum absolute atomic E-state index is 0.359. The van der Waals surface area contributed by atoms with Crippen molar-refractivity contribution in [2.24, 2.45) is 0 Å². The fraction of sp³-hybridized carbons (Fsp3) is 0.900. The third-order valence-electron chi connectivity index (χ3n) is 4.10. The van der Waals surface area contributed by atoms with Crippen LogP contribution in [0, 0.1) is 0 Å². The predicted molar refractivity (Wildman–Crippen MR) is 111 cm³/mol. The molecule has 2 atom stereocenters. The highest BCUT2D eigenvalue weighted by Crippen LogP contribution is 2.08. The molecular formula is C20H40N4O4. The quantitative estimate of drug-likeness (QED) is 0.467. The molecule has 0 radical (unpaired) electrons. The van der Waals surface area contributed by atoms with Crippen LogP contribution < -0.4 is 21.3 Å². The maximum absolute atomic E-state index is 11.6. The number of nitrogens with one attached hydrogen (secondary N) is 4. The van der Waals surface area contributed by atoms with Gasteiger partial charge in [-0.05, 0) is 67.2 Å². The Morgan fingerprint density at radius 1 is 0.786 bits per heavy atom. The van der Waals surface area contributed by atoms with Crippen LogP contribution in [0.4, 0.5) is 9.59 Å². The number of hydrogen-bond donors (Lipinski definition) is 4. The first-order valence-electron chi connectivity index (χ1n) is 10.3. The van der Waals surface area contributed by atoms with E-state index in [-0.39, 0.29) is 12.2 Å². The molecule has 28 heavy (non-hydrogen) atoms. The van der Waals surface area contributed by atoms with Gasteiger partial charge in [0.1, 0.15) is 11.2 Å². The second-order valence-corrected chi connectivity index (χ2v) is 9.35. The van der Waals surface area contributed by atoms with Crippen LogP contribution in [0.2, 0.25) is 0 Å². The number of rotatable bonds is 8. The molecule has 2 unspecified atom stereocenters. The van der Waals surface area contributed by atoms with Crippen LogP contribution in [0.15, 0.2) is 0 Å². The van der Waals surface area contributed by atoms with E-state index in [2.05, 4.69) is 21.3 Å². The minimum atomic E-state index is -0.462. The molecule has 8 heteroatoms. The van der Waals surface area contributed by atoms with Gasteiger partial charge in [0.2, 0.25) is 0 Å². The van der Waals surface area contributed by atoms with E-state index in [9.17, 15) is 9.59 Å². The monoisotopic (exact) mass is 400 g/mol. The number of carbonyl (C=O) groups is 2. The lowest BCUT2D eigenvalue weighted by atomic mass is 10.0. The standard InChI is InChI=1S/C20H40N4O4/c1-19(2,3)27-17(25)21-11-7-9-15-13-24-16(14-23-15)10-8-12-22-18(26)28-20(4,5)6/h15-16,23-24H,7-14H2,1-6H3,(H,21,25)(H,22,26). The van der Waals surface area contributed by atoms with E-state index in [0.29, 0.717) is 25.2 Å². The maximum Gasteiger partial charge on any atom is 0.407 e. The third-order valence-corrected chi connectivity index (χ3v) is 4.10. The zero-order chi connectivity index (χ0) is 21.2. The largest absolute Gasteiger partial charge is 0.444 e. The fourth-order valence-corrected chi connectivity index (χ4v) is 2.88. The normalized spacial score (nSPS) is 20.4. The maximum atomic E-state index is 11.6. The van der Waals surface area contributed by atoms with Gasteiger partial charge in [0.05, 0.1) is 0 Å². The summed E-state index contributed by atoms with van der Waals surface area (Å²) in [7, 11) is 0. The second kappa shape index (κ2) is 11.5. The van der Waals surface area contributed by atoms with Gasteiger partial charge in [-0.25, -0.2) is 9.59 Å². The lowest BCUT2D eigenvalue weighted by Crippen LogP contribution is -2.54. The first kappa shape index (κ1) is 24.5. The smallest absolute Gasteiger partial charge is 0.407 e. The number of ether oxygens (including phenoxy) is 2. The molecule has 1 fully saturated rings. The molecule has 1 aliphatic rings. The molecule has 1 saturated heterocycles. The number of alkyl carbamates (subject to hydrolysis) is 2. The van der Waals surface area contributed by atoms with Crippen LogP contribution in [0.3, 0.4) is 0 Å². The molecule has 0 aromatic heterocycles. The Kier molecular flexibility index (Phi) is 10.0. The van der Waals surface area contributed by atoms with Crippen molar-refractivity contribution < 1.29 is 19.1 Å². The van der Waals surface area contributed by atoms with Gasteiger partial charge in [-0.1, -0.05) is 0 Å². The average molecular weight is 401 g/mol. The van der Waals surface area contributed by atoms with Gasteiger partial charge in [0.25, 0.3) is 0 Å². The van der Waals surface area contributed by atoms with E-state index >= 15 is 0 Å². The number of carbonyl (C=O) groups excluding carboxylic acids is 2. The Morgan fingerprint density at radius 2 is 1.14 bits per heavy atom. The molecule has 0 aliphatic carbocycles. The molecule has 4 N–H and O–H groups in total. The first-order valence-corrected chi connectivity index (χ1v) is 10.3. The molecule has 0 saturated carbocycles. The predicted octanol–water partition coefficient (Wildman–Crippen LogP) is 2.53. The van der Waals surface area contributed by atoms with Gasteiger partial charge in [-0.15, -0.1) is 0 Å². The Morgan fingerprint density at radius 3 is 1.43 bits per heavy atom. The van der Waals surface area contributed by atoms with E-state index < -0.39 is 11.2 Å². The van der Waals surface area contributed by atoms with E-state index in [4.69, 9.17) is 9.47 Å². The highest BCUT2D eigenvalue weighted by atomic mass is 16.6. The zero-order valence-corrected chi connectivity index (χ0v) is 18.4. The van der Waals surface area contributed by atoms with Gasteiger partial charge in [-0.2, -0.15) is 0 Å². The summed E-state index contributed by atoms with van der Waals surface area (Å²) in [6.45, 7) is 14.2. The molecule has 1 heterocycles. The van der Waals surface area contributed by atoms with Crippen molar-refractivity contribution in [2.75, 3.05) is 26.2 Å². The van der Waals surface area contributed by atoms with Crippen molar-refractivity contribution in [2.45, 2.75) is 90.5 Å². The zero-order valence-electron chi connectivity index (χ0n) is 18.4. The van der Waals surface area contributed by atoms with E-state index in [0.717, 1.165) is 38.8 Å². The molecule has 164 valence electrons. The van der Waals surface area contributed by atoms with Crippen LogP contribution in [-0.4, -0.2) is 61.7 Å². The fourth-order valence-electron chi connectivity index (χ4n) is 2.88. The molecule has 0 bridgehead atoms. The second-order valence-electron chi connectivity index (χ2n) is 9.35. The molecule has 8 nitrogen and oxygen atoms in total. The number of amides is 2. The summed E-state index contributed by atoms with van der Waals surface area (Å²) in [6, 6.07) is 0.827. The summed E-state index contributed by atoms with van der Waals surface area (Å²) in [6.07, 6.45) is 3.09. The van der Waals surface area contributed by atoms with E-state index in [1.54, 1.807) is 0 Å². The molecule has 0 aromatic rings. The Balaban J connectivity index is 2.03. The average Bonchev–Trinajstić information content (AvgIpc) is 2.53. The lowest BCUT2D eigenvalue weighted by Gasteiger charge is -2.31. The Hall–Kier alpha value is -1.54. The van der Waals surface area contributed by atoms with Crippen molar-refractivity contribution in [1.29, 1.82) is 0 Å². The topological polar surface area (TPSA) is 101 Å². The molecule has 1 rings (SSSR count). The van der Waals surface area contributed by atoms with Gasteiger partial charge in [0.15, 0.2) is 0 Å².